The van der Waals surface area contributed by atoms with Gasteiger partial charge in [-0.3, -0.25) is 9.59 Å². The summed E-state index contributed by atoms with van der Waals surface area (Å²) in [5.41, 5.74) is -0.232. The second-order valence-electron chi connectivity index (χ2n) is 10.9. The molecule has 4 aliphatic carbocycles. The van der Waals surface area contributed by atoms with Crippen LogP contribution >= 0.6 is 0 Å². The van der Waals surface area contributed by atoms with E-state index in [1.807, 2.05) is 0 Å². The zero-order chi connectivity index (χ0) is 21.1. The zero-order valence-electron chi connectivity index (χ0n) is 18.3. The number of ketones is 2. The minimum Gasteiger partial charge on any atom is -0.460 e. The highest BCUT2D eigenvalue weighted by Gasteiger charge is 2.62. The predicted octanol–water partition coefficient (Wildman–Crippen LogP) is 2.68. The van der Waals surface area contributed by atoms with Crippen LogP contribution in [0.3, 0.4) is 0 Å². The van der Waals surface area contributed by atoms with Gasteiger partial charge in [-0.2, -0.15) is 0 Å². The van der Waals surface area contributed by atoms with E-state index in [1.165, 1.54) is 0 Å². The Morgan fingerprint density at radius 3 is 2.73 bits per heavy atom. The van der Waals surface area contributed by atoms with Crippen LogP contribution in [0.4, 0.5) is 0 Å². The topological polar surface area (TPSA) is 81.7 Å². The first-order valence-electron chi connectivity index (χ1n) is 11.9. The van der Waals surface area contributed by atoms with Gasteiger partial charge in [0.2, 0.25) is 0 Å². The van der Waals surface area contributed by atoms with E-state index in [0.717, 1.165) is 38.6 Å². The normalized spacial score (nSPS) is 48.5. The van der Waals surface area contributed by atoms with Gasteiger partial charge >= 0.3 is 5.97 Å². The van der Waals surface area contributed by atoms with Crippen molar-refractivity contribution in [1.82, 2.24) is 5.32 Å². The van der Waals surface area contributed by atoms with Crippen LogP contribution in [0.25, 0.3) is 0 Å². The molecule has 0 spiro atoms. The van der Waals surface area contributed by atoms with Crippen LogP contribution in [-0.2, 0) is 23.9 Å². The number of fused-ring (bicyclic) bond motifs is 5. The number of Topliss-reactive ketones (excluding diaryl/α,β-unsaturated/α-hetero) is 2. The molecule has 8 atom stereocenters. The van der Waals surface area contributed by atoms with Gasteiger partial charge in [-0.15, -0.1) is 0 Å². The number of morpholine rings is 1. The number of hydrogen-bond acceptors (Lipinski definition) is 6. The van der Waals surface area contributed by atoms with Gasteiger partial charge in [-0.1, -0.05) is 13.8 Å². The summed E-state index contributed by atoms with van der Waals surface area (Å²) in [5, 5.41) is 3.16. The maximum Gasteiger partial charge on any atom is 0.336 e. The highest BCUT2D eigenvalue weighted by molar-refractivity contribution is 5.88. The smallest absolute Gasteiger partial charge is 0.336 e. The van der Waals surface area contributed by atoms with Gasteiger partial charge in [0.25, 0.3) is 0 Å². The highest BCUT2D eigenvalue weighted by atomic mass is 16.6. The van der Waals surface area contributed by atoms with Crippen LogP contribution in [0.1, 0.15) is 65.2 Å². The molecule has 1 aliphatic heterocycles. The van der Waals surface area contributed by atoms with E-state index in [2.05, 4.69) is 19.2 Å². The molecule has 166 valence electrons. The van der Waals surface area contributed by atoms with Crippen molar-refractivity contribution < 1.29 is 23.9 Å². The lowest BCUT2D eigenvalue weighted by Gasteiger charge is -2.59. The Balaban J connectivity index is 1.30. The summed E-state index contributed by atoms with van der Waals surface area (Å²) in [6.07, 6.45) is 5.93. The van der Waals surface area contributed by atoms with Gasteiger partial charge in [0.1, 0.15) is 17.7 Å². The van der Waals surface area contributed by atoms with Crippen LogP contribution in [0, 0.1) is 34.5 Å². The molecule has 1 saturated heterocycles. The largest absolute Gasteiger partial charge is 0.460 e. The third-order valence-electron chi connectivity index (χ3n) is 9.59. The van der Waals surface area contributed by atoms with Crippen molar-refractivity contribution in [2.45, 2.75) is 77.4 Å². The lowest BCUT2D eigenvalue weighted by molar-refractivity contribution is -0.177. The zero-order valence-corrected chi connectivity index (χ0v) is 18.3. The van der Waals surface area contributed by atoms with E-state index in [0.29, 0.717) is 61.7 Å². The minimum atomic E-state index is -0.533. The summed E-state index contributed by atoms with van der Waals surface area (Å²) < 4.78 is 11.3. The number of carbonyl (C=O) groups excluding carboxylic acids is 3. The lowest BCUT2D eigenvalue weighted by atomic mass is 9.45. The third-order valence-corrected chi connectivity index (χ3v) is 9.59. The van der Waals surface area contributed by atoms with Crippen molar-refractivity contribution in [3.63, 3.8) is 0 Å². The van der Waals surface area contributed by atoms with Gasteiger partial charge < -0.3 is 14.8 Å². The van der Waals surface area contributed by atoms with Crippen LogP contribution in [0.15, 0.2) is 0 Å². The van der Waals surface area contributed by atoms with Crippen molar-refractivity contribution in [3.05, 3.63) is 0 Å². The van der Waals surface area contributed by atoms with E-state index in [1.54, 1.807) is 0 Å². The van der Waals surface area contributed by atoms with Crippen LogP contribution < -0.4 is 5.32 Å². The Hall–Kier alpha value is -1.27. The highest BCUT2D eigenvalue weighted by Crippen LogP contribution is 2.64. The van der Waals surface area contributed by atoms with Crippen LogP contribution in [0.2, 0.25) is 0 Å². The molecule has 5 aliphatic rings. The molecule has 6 heteroatoms. The average molecular weight is 418 g/mol. The second kappa shape index (κ2) is 7.40. The molecular formula is C24H35NO5. The molecule has 1 N–H and O–H groups in total. The number of carbonyl (C=O) groups is 3. The van der Waals surface area contributed by atoms with E-state index in [-0.39, 0.29) is 28.8 Å². The van der Waals surface area contributed by atoms with Crippen LogP contribution in [-0.4, -0.2) is 49.4 Å². The molecule has 6 nitrogen and oxygen atoms in total. The van der Waals surface area contributed by atoms with Gasteiger partial charge in [0.05, 0.1) is 6.61 Å². The molecule has 0 aromatic heterocycles. The van der Waals surface area contributed by atoms with Crippen molar-refractivity contribution >= 4 is 17.5 Å². The van der Waals surface area contributed by atoms with Gasteiger partial charge in [-0.25, -0.2) is 4.79 Å². The average Bonchev–Trinajstić information content (AvgIpc) is 3.04. The van der Waals surface area contributed by atoms with Gasteiger partial charge in [-0.05, 0) is 61.7 Å². The molecule has 1 heterocycles. The fraction of sp³-hybridized carbons (Fsp3) is 0.875. The predicted molar refractivity (Wildman–Crippen MR) is 110 cm³/mol. The summed E-state index contributed by atoms with van der Waals surface area (Å²) >= 11 is 0. The Morgan fingerprint density at radius 2 is 1.97 bits per heavy atom. The molecule has 4 saturated carbocycles. The molecule has 0 bridgehead atoms. The van der Waals surface area contributed by atoms with Crippen molar-refractivity contribution in [2.24, 2.45) is 34.5 Å². The third kappa shape index (κ3) is 3.09. The molecule has 0 aromatic carbocycles. The monoisotopic (exact) mass is 417 g/mol. The van der Waals surface area contributed by atoms with Crippen molar-refractivity contribution in [2.75, 3.05) is 19.7 Å². The van der Waals surface area contributed by atoms with Crippen LogP contribution in [0.5, 0.6) is 0 Å². The number of hydrogen-bond donors (Lipinski definition) is 1. The fourth-order valence-electron chi connectivity index (χ4n) is 7.84. The Morgan fingerprint density at radius 1 is 1.13 bits per heavy atom. The second-order valence-corrected chi connectivity index (χ2v) is 10.9. The molecule has 0 amide bonds. The fourth-order valence-corrected chi connectivity index (χ4v) is 7.84. The Labute approximate surface area is 178 Å². The number of nitrogens with one attached hydrogen (secondary N) is 1. The summed E-state index contributed by atoms with van der Waals surface area (Å²) in [5.74, 6) is 1.65. The number of ether oxygens (including phenoxy) is 2. The number of rotatable bonds is 2. The molecule has 5 rings (SSSR count). The summed E-state index contributed by atoms with van der Waals surface area (Å²) in [6.45, 7) is 6.23. The van der Waals surface area contributed by atoms with E-state index in [9.17, 15) is 14.4 Å². The summed E-state index contributed by atoms with van der Waals surface area (Å²) in [6, 6.07) is 0. The first kappa shape index (κ1) is 20.6. The van der Waals surface area contributed by atoms with Crippen molar-refractivity contribution in [1.29, 1.82) is 0 Å². The quantitative estimate of drug-likeness (QED) is 0.696. The minimum absolute atomic E-state index is 0.0290. The van der Waals surface area contributed by atoms with E-state index >= 15 is 0 Å². The van der Waals surface area contributed by atoms with Crippen molar-refractivity contribution in [3.8, 4) is 0 Å². The molecule has 0 unspecified atom stereocenters. The molecule has 0 aromatic rings. The molecule has 5 fully saturated rings. The standard InChI is InChI=1S/C24H35NO5/c1-23-7-5-14(30-22(28)20-13-25-9-10-29-20)11-18(23)19(26)12-15-16-3-4-21(27)24(16,2)8-6-17(15)23/h14-18,20,25H,3-13H2,1-2H3/t14-,15-,16-,17-,18+,20+,23+,24-/m0/s1. The molecular weight excluding hydrogens is 382 g/mol. The lowest BCUT2D eigenvalue weighted by Crippen LogP contribution is -2.57. The maximum absolute atomic E-state index is 13.3. The van der Waals surface area contributed by atoms with Gasteiger partial charge in [0.15, 0.2) is 6.10 Å². The molecule has 30 heavy (non-hydrogen) atoms. The molecule has 0 radical (unpaired) electrons. The Kier molecular flexibility index (Phi) is 5.09. The Bertz CT molecular complexity index is 746. The SMILES string of the molecule is C[C@]12CC[C@H](OC(=O)[C@H]3CNCCO3)C[C@@H]1C(=O)C[C@@H]1[C@@H]2CC[C@]2(C)C(=O)CC[C@@H]12. The summed E-state index contributed by atoms with van der Waals surface area (Å²) in [7, 11) is 0. The number of esters is 1. The first-order valence-corrected chi connectivity index (χ1v) is 11.9. The first-order chi connectivity index (χ1) is 14.3. The van der Waals surface area contributed by atoms with E-state index < -0.39 is 6.10 Å². The maximum atomic E-state index is 13.3. The van der Waals surface area contributed by atoms with Gasteiger partial charge in [0, 0.05) is 37.3 Å². The summed E-state index contributed by atoms with van der Waals surface area (Å²) in [4.78, 5) is 38.4. The van der Waals surface area contributed by atoms with E-state index in [4.69, 9.17) is 9.47 Å².